The number of nitrogens with one attached hydrogen (secondary N) is 2. The Labute approximate surface area is 132 Å². The summed E-state index contributed by atoms with van der Waals surface area (Å²) in [6, 6.07) is -0.499. The lowest BCUT2D eigenvalue weighted by molar-refractivity contribution is -0.134. The maximum atomic E-state index is 12.4. The summed E-state index contributed by atoms with van der Waals surface area (Å²) in [6.45, 7) is 5.22. The normalized spacial score (nSPS) is 24.6. The zero-order valence-electron chi connectivity index (χ0n) is 12.7. The summed E-state index contributed by atoms with van der Waals surface area (Å²) in [5.41, 5.74) is 0.00253. The molecule has 1 aromatic heterocycles. The topological polar surface area (TPSA) is 91.4 Å². The largest absolute Gasteiger partial charge is 0.325 e. The van der Waals surface area contributed by atoms with Crippen LogP contribution in [0.1, 0.15) is 30.3 Å². The van der Waals surface area contributed by atoms with Crippen molar-refractivity contribution in [1.82, 2.24) is 15.2 Å². The SMILES string of the molecule is Cc1nc(NC(=O)CN2C(=O)N[C@@](C)(C3CC3)C2=O)sc1C. The van der Waals surface area contributed by atoms with Crippen LogP contribution in [-0.2, 0) is 9.59 Å². The van der Waals surface area contributed by atoms with Crippen LogP contribution in [-0.4, -0.2) is 39.8 Å². The van der Waals surface area contributed by atoms with E-state index < -0.39 is 17.5 Å². The Balaban J connectivity index is 1.66. The van der Waals surface area contributed by atoms with Crippen LogP contribution in [0.25, 0.3) is 0 Å². The number of carbonyl (C=O) groups excluding carboxylic acids is 3. The highest BCUT2D eigenvalue weighted by Crippen LogP contribution is 2.42. The van der Waals surface area contributed by atoms with Gasteiger partial charge in [0.2, 0.25) is 5.91 Å². The van der Waals surface area contributed by atoms with E-state index >= 15 is 0 Å². The number of aryl methyl sites for hydroxylation is 2. The number of carbonyl (C=O) groups is 3. The van der Waals surface area contributed by atoms with E-state index in [1.807, 2.05) is 13.8 Å². The van der Waals surface area contributed by atoms with Gasteiger partial charge in [0, 0.05) is 4.88 Å². The first-order valence-electron chi connectivity index (χ1n) is 7.19. The highest BCUT2D eigenvalue weighted by Gasteiger charge is 2.56. The third-order valence-corrected chi connectivity index (χ3v) is 5.26. The van der Waals surface area contributed by atoms with Crippen LogP contribution in [0.3, 0.4) is 0 Å². The molecule has 1 aromatic rings. The van der Waals surface area contributed by atoms with Crippen molar-refractivity contribution < 1.29 is 14.4 Å². The first-order valence-corrected chi connectivity index (χ1v) is 8.01. The van der Waals surface area contributed by atoms with E-state index in [9.17, 15) is 14.4 Å². The minimum atomic E-state index is -0.855. The zero-order chi connectivity index (χ0) is 16.1. The molecular weight excluding hydrogens is 304 g/mol. The molecule has 8 heteroatoms. The highest BCUT2D eigenvalue weighted by molar-refractivity contribution is 7.15. The van der Waals surface area contributed by atoms with Crippen LogP contribution >= 0.6 is 11.3 Å². The van der Waals surface area contributed by atoms with Gasteiger partial charge in [-0.15, -0.1) is 11.3 Å². The number of hydrogen-bond acceptors (Lipinski definition) is 5. The van der Waals surface area contributed by atoms with Crippen LogP contribution in [0.4, 0.5) is 9.93 Å². The van der Waals surface area contributed by atoms with E-state index in [1.165, 1.54) is 11.3 Å². The molecule has 0 aromatic carbocycles. The third kappa shape index (κ3) is 2.47. The van der Waals surface area contributed by atoms with Gasteiger partial charge in [-0.25, -0.2) is 9.78 Å². The summed E-state index contributed by atoms with van der Waals surface area (Å²) >= 11 is 1.37. The van der Waals surface area contributed by atoms with Crippen LogP contribution < -0.4 is 10.6 Å². The second kappa shape index (κ2) is 5.05. The van der Waals surface area contributed by atoms with Crippen molar-refractivity contribution in [1.29, 1.82) is 0 Å². The molecule has 2 heterocycles. The zero-order valence-corrected chi connectivity index (χ0v) is 13.5. The van der Waals surface area contributed by atoms with Crippen molar-refractivity contribution in [2.24, 2.45) is 5.92 Å². The van der Waals surface area contributed by atoms with E-state index in [1.54, 1.807) is 6.92 Å². The third-order valence-electron chi connectivity index (χ3n) is 4.27. The Kier molecular flexibility index (Phi) is 3.43. The number of aromatic nitrogens is 1. The lowest BCUT2D eigenvalue weighted by atomic mass is 9.96. The van der Waals surface area contributed by atoms with Gasteiger partial charge < -0.3 is 10.6 Å². The second-order valence-corrected chi connectivity index (χ2v) is 7.21. The van der Waals surface area contributed by atoms with E-state index in [-0.39, 0.29) is 18.4 Å². The van der Waals surface area contributed by atoms with E-state index in [0.29, 0.717) is 5.13 Å². The molecule has 2 N–H and O–H groups in total. The average molecular weight is 322 g/mol. The highest BCUT2D eigenvalue weighted by atomic mass is 32.1. The number of imide groups is 1. The van der Waals surface area contributed by atoms with Crippen LogP contribution in [0.5, 0.6) is 0 Å². The van der Waals surface area contributed by atoms with Crippen molar-refractivity contribution in [3.63, 3.8) is 0 Å². The summed E-state index contributed by atoms with van der Waals surface area (Å²) in [5.74, 6) is -0.555. The van der Waals surface area contributed by atoms with Crippen LogP contribution in [0.15, 0.2) is 0 Å². The fraction of sp³-hybridized carbons (Fsp3) is 0.571. The van der Waals surface area contributed by atoms with Crippen LogP contribution in [0, 0.1) is 19.8 Å². The minimum Gasteiger partial charge on any atom is -0.323 e. The summed E-state index contributed by atoms with van der Waals surface area (Å²) < 4.78 is 0. The lowest BCUT2D eigenvalue weighted by Gasteiger charge is -2.20. The first-order chi connectivity index (χ1) is 10.3. The molecule has 2 fully saturated rings. The van der Waals surface area contributed by atoms with Gasteiger partial charge in [-0.05, 0) is 39.5 Å². The molecule has 1 atom stereocenters. The Morgan fingerprint density at radius 1 is 1.45 bits per heavy atom. The molecule has 22 heavy (non-hydrogen) atoms. The fourth-order valence-electron chi connectivity index (χ4n) is 2.63. The number of hydrogen-bond donors (Lipinski definition) is 2. The average Bonchev–Trinajstić information content (AvgIpc) is 3.20. The predicted molar refractivity (Wildman–Crippen MR) is 81.6 cm³/mol. The lowest BCUT2D eigenvalue weighted by Crippen LogP contribution is -2.46. The number of thiazole rings is 1. The van der Waals surface area contributed by atoms with Gasteiger partial charge in [-0.1, -0.05) is 0 Å². The van der Waals surface area contributed by atoms with Gasteiger partial charge in [0.15, 0.2) is 5.13 Å². The summed E-state index contributed by atoms with van der Waals surface area (Å²) in [5, 5.41) is 5.84. The molecule has 1 saturated heterocycles. The predicted octanol–water partition coefficient (Wildman–Crippen LogP) is 1.42. The summed E-state index contributed by atoms with van der Waals surface area (Å²) in [6.07, 6.45) is 1.86. The number of urea groups is 1. The quantitative estimate of drug-likeness (QED) is 0.820. The molecule has 0 unspecified atom stereocenters. The molecule has 3 rings (SSSR count). The maximum Gasteiger partial charge on any atom is 0.325 e. The van der Waals surface area contributed by atoms with Crippen molar-refractivity contribution in [3.8, 4) is 0 Å². The Hall–Kier alpha value is -1.96. The Bertz CT molecular complexity index is 648. The standard InChI is InChI=1S/C14H18N4O3S/c1-7-8(2)22-12(15-7)16-10(19)6-18-11(20)14(3,9-4-5-9)17-13(18)21/h9H,4-6H2,1-3H3,(H,17,21)(H,15,16,19)/t14-/m0/s1. The second-order valence-electron chi connectivity index (χ2n) is 6.01. The van der Waals surface area contributed by atoms with Gasteiger partial charge in [0.25, 0.3) is 5.91 Å². The van der Waals surface area contributed by atoms with Crippen molar-refractivity contribution in [2.75, 3.05) is 11.9 Å². The molecule has 1 aliphatic carbocycles. The van der Waals surface area contributed by atoms with Gasteiger partial charge in [0.1, 0.15) is 12.1 Å². The maximum absolute atomic E-state index is 12.4. The number of anilines is 1. The fourth-order valence-corrected chi connectivity index (χ4v) is 3.46. The van der Waals surface area contributed by atoms with E-state index in [4.69, 9.17) is 0 Å². The molecule has 7 nitrogen and oxygen atoms in total. The van der Waals surface area contributed by atoms with Crippen LogP contribution in [0.2, 0.25) is 0 Å². The molecule has 1 aliphatic heterocycles. The minimum absolute atomic E-state index is 0.182. The van der Waals surface area contributed by atoms with Crippen molar-refractivity contribution >= 4 is 34.3 Å². The summed E-state index contributed by atoms with van der Waals surface area (Å²) in [7, 11) is 0. The molecule has 2 aliphatic rings. The molecule has 1 saturated carbocycles. The number of amides is 4. The molecule has 0 radical (unpaired) electrons. The van der Waals surface area contributed by atoms with Gasteiger partial charge in [0.05, 0.1) is 5.69 Å². The van der Waals surface area contributed by atoms with Gasteiger partial charge in [-0.3, -0.25) is 14.5 Å². The van der Waals surface area contributed by atoms with Crippen molar-refractivity contribution in [3.05, 3.63) is 10.6 Å². The van der Waals surface area contributed by atoms with Gasteiger partial charge >= 0.3 is 6.03 Å². The molecule has 4 amide bonds. The molecule has 0 bridgehead atoms. The summed E-state index contributed by atoms with van der Waals surface area (Å²) in [4.78, 5) is 42.7. The molecule has 0 spiro atoms. The Morgan fingerprint density at radius 2 is 2.14 bits per heavy atom. The van der Waals surface area contributed by atoms with E-state index in [2.05, 4.69) is 15.6 Å². The Morgan fingerprint density at radius 3 is 2.68 bits per heavy atom. The van der Waals surface area contributed by atoms with Crippen molar-refractivity contribution in [2.45, 2.75) is 39.2 Å². The van der Waals surface area contributed by atoms with Gasteiger partial charge in [-0.2, -0.15) is 0 Å². The monoisotopic (exact) mass is 322 g/mol. The molecule has 118 valence electrons. The number of nitrogens with zero attached hydrogens (tertiary/aromatic N) is 2. The smallest absolute Gasteiger partial charge is 0.323 e. The van der Waals surface area contributed by atoms with E-state index in [0.717, 1.165) is 28.3 Å². The molecular formula is C14H18N4O3S. The number of rotatable bonds is 4. The first kappa shape index (κ1) is 15.0.